The number of benzene rings is 2. The minimum absolute atomic E-state index is 0.196. The van der Waals surface area contributed by atoms with Crippen LogP contribution >= 0.6 is 0 Å². The predicted molar refractivity (Wildman–Crippen MR) is 135 cm³/mol. The Labute approximate surface area is 196 Å². The Hall–Kier alpha value is -1.63. The molecular formula is C31H43F. The van der Waals surface area contributed by atoms with E-state index < -0.39 is 0 Å². The third kappa shape index (κ3) is 6.69. The summed E-state index contributed by atoms with van der Waals surface area (Å²) in [5, 5.41) is 0. The summed E-state index contributed by atoms with van der Waals surface area (Å²) in [6.07, 6.45) is 16.4. The molecule has 0 amide bonds. The van der Waals surface area contributed by atoms with Gasteiger partial charge in [0.05, 0.1) is 6.67 Å². The Bertz CT molecular complexity index is 774. The maximum absolute atomic E-state index is 12.2. The van der Waals surface area contributed by atoms with Crippen LogP contribution in [0.25, 0.3) is 0 Å². The Balaban J connectivity index is 1.21. The lowest BCUT2D eigenvalue weighted by molar-refractivity contribution is 0.165. The number of hydrogen-bond donors (Lipinski definition) is 0. The van der Waals surface area contributed by atoms with E-state index in [1.807, 2.05) is 0 Å². The predicted octanol–water partition coefficient (Wildman–Crippen LogP) is 8.86. The number of halogens is 1. The first-order chi connectivity index (χ1) is 15.7. The van der Waals surface area contributed by atoms with E-state index in [0.717, 1.165) is 49.4 Å². The van der Waals surface area contributed by atoms with Gasteiger partial charge in [0.1, 0.15) is 0 Å². The molecule has 0 saturated heterocycles. The van der Waals surface area contributed by atoms with Crippen molar-refractivity contribution in [3.8, 4) is 0 Å². The van der Waals surface area contributed by atoms with Gasteiger partial charge in [-0.05, 0) is 117 Å². The first kappa shape index (κ1) is 23.5. The fourth-order valence-corrected chi connectivity index (χ4v) is 6.22. The Morgan fingerprint density at radius 3 is 1.59 bits per heavy atom. The van der Waals surface area contributed by atoms with Gasteiger partial charge in [0.15, 0.2) is 0 Å². The summed E-state index contributed by atoms with van der Waals surface area (Å²) in [6.45, 7) is 2.24. The Morgan fingerprint density at radius 2 is 1.06 bits per heavy atom. The van der Waals surface area contributed by atoms with Crippen molar-refractivity contribution >= 4 is 0 Å². The van der Waals surface area contributed by atoms with E-state index >= 15 is 0 Å². The van der Waals surface area contributed by atoms with Crippen LogP contribution in [-0.2, 0) is 19.3 Å². The maximum Gasteiger partial charge on any atom is 0.0894 e. The van der Waals surface area contributed by atoms with Gasteiger partial charge in [-0.15, -0.1) is 0 Å². The van der Waals surface area contributed by atoms with E-state index in [0.29, 0.717) is 6.42 Å². The molecule has 0 bridgehead atoms. The molecule has 1 heteroatoms. The summed E-state index contributed by atoms with van der Waals surface area (Å²) in [4.78, 5) is 0. The highest BCUT2D eigenvalue weighted by Gasteiger charge is 2.30. The van der Waals surface area contributed by atoms with Crippen LogP contribution in [-0.4, -0.2) is 6.67 Å². The average molecular weight is 435 g/mol. The molecule has 0 aromatic heterocycles. The second kappa shape index (κ2) is 12.0. The lowest BCUT2D eigenvalue weighted by Gasteiger charge is -2.37. The first-order valence-electron chi connectivity index (χ1n) is 13.4. The zero-order valence-electron chi connectivity index (χ0n) is 20.2. The highest BCUT2D eigenvalue weighted by atomic mass is 19.1. The zero-order chi connectivity index (χ0) is 22.2. The van der Waals surface area contributed by atoms with Crippen LogP contribution in [0.1, 0.15) is 99.3 Å². The fourth-order valence-electron chi connectivity index (χ4n) is 6.22. The van der Waals surface area contributed by atoms with Gasteiger partial charge in [0.2, 0.25) is 0 Å². The second-order valence-electron chi connectivity index (χ2n) is 10.8. The second-order valence-corrected chi connectivity index (χ2v) is 10.8. The van der Waals surface area contributed by atoms with Gasteiger partial charge >= 0.3 is 0 Å². The summed E-state index contributed by atoms with van der Waals surface area (Å²) in [5.41, 5.74) is 5.76. The van der Waals surface area contributed by atoms with Gasteiger partial charge in [-0.3, -0.25) is 4.39 Å². The summed E-state index contributed by atoms with van der Waals surface area (Å²) in [7, 11) is 0. The average Bonchev–Trinajstić information content (AvgIpc) is 2.85. The van der Waals surface area contributed by atoms with Crippen molar-refractivity contribution in [1.29, 1.82) is 0 Å². The molecule has 2 aliphatic carbocycles. The highest BCUT2D eigenvalue weighted by molar-refractivity contribution is 5.28. The molecular weight excluding hydrogens is 391 g/mol. The lowest BCUT2D eigenvalue weighted by Crippen LogP contribution is -2.24. The van der Waals surface area contributed by atoms with E-state index in [9.17, 15) is 4.39 Å². The number of alkyl halides is 1. The Morgan fingerprint density at radius 1 is 0.594 bits per heavy atom. The van der Waals surface area contributed by atoms with Gasteiger partial charge < -0.3 is 0 Å². The third-order valence-corrected chi connectivity index (χ3v) is 8.52. The quantitative estimate of drug-likeness (QED) is 0.346. The van der Waals surface area contributed by atoms with Crippen molar-refractivity contribution in [2.75, 3.05) is 6.67 Å². The molecule has 2 aliphatic rings. The van der Waals surface area contributed by atoms with Crippen LogP contribution in [0.15, 0.2) is 48.5 Å². The van der Waals surface area contributed by atoms with Crippen molar-refractivity contribution in [2.24, 2.45) is 17.8 Å². The molecule has 0 spiro atoms. The molecule has 2 fully saturated rings. The van der Waals surface area contributed by atoms with Crippen molar-refractivity contribution in [3.63, 3.8) is 0 Å². The van der Waals surface area contributed by atoms with Crippen LogP contribution < -0.4 is 0 Å². The molecule has 0 N–H and O–H groups in total. The maximum atomic E-state index is 12.2. The highest BCUT2D eigenvalue weighted by Crippen LogP contribution is 2.43. The molecule has 174 valence electrons. The minimum Gasteiger partial charge on any atom is -0.251 e. The minimum atomic E-state index is -0.196. The van der Waals surface area contributed by atoms with E-state index in [4.69, 9.17) is 0 Å². The summed E-state index contributed by atoms with van der Waals surface area (Å²) in [5.74, 6) is 3.79. The summed E-state index contributed by atoms with van der Waals surface area (Å²) >= 11 is 0. The van der Waals surface area contributed by atoms with Gasteiger partial charge in [0, 0.05) is 0 Å². The lowest BCUT2D eigenvalue weighted by atomic mass is 9.68. The molecule has 2 aromatic carbocycles. The van der Waals surface area contributed by atoms with Gasteiger partial charge in [-0.2, -0.15) is 0 Å². The van der Waals surface area contributed by atoms with E-state index in [1.165, 1.54) is 68.1 Å². The third-order valence-electron chi connectivity index (χ3n) is 8.52. The van der Waals surface area contributed by atoms with Gasteiger partial charge in [-0.25, -0.2) is 0 Å². The fraction of sp³-hybridized carbons (Fsp3) is 0.613. The van der Waals surface area contributed by atoms with Gasteiger partial charge in [-0.1, -0.05) is 68.3 Å². The molecule has 0 heterocycles. The molecule has 0 unspecified atom stereocenters. The monoisotopic (exact) mass is 434 g/mol. The van der Waals surface area contributed by atoms with Crippen LogP contribution in [0, 0.1) is 17.8 Å². The molecule has 0 radical (unpaired) electrons. The van der Waals surface area contributed by atoms with Crippen LogP contribution in [0.2, 0.25) is 0 Å². The number of hydrogen-bond acceptors (Lipinski definition) is 0. The van der Waals surface area contributed by atoms with Crippen LogP contribution in [0.4, 0.5) is 4.39 Å². The number of unbranched alkanes of at least 4 members (excludes halogenated alkanes) is 1. The Kier molecular flexibility index (Phi) is 8.83. The van der Waals surface area contributed by atoms with Crippen molar-refractivity contribution in [3.05, 3.63) is 70.8 Å². The van der Waals surface area contributed by atoms with Crippen molar-refractivity contribution in [1.82, 2.24) is 0 Å². The molecule has 4 rings (SSSR count). The largest absolute Gasteiger partial charge is 0.251 e. The summed E-state index contributed by atoms with van der Waals surface area (Å²) in [6, 6.07) is 18.5. The van der Waals surface area contributed by atoms with Crippen LogP contribution in [0.5, 0.6) is 0 Å². The van der Waals surface area contributed by atoms with E-state index in [2.05, 4.69) is 55.5 Å². The van der Waals surface area contributed by atoms with E-state index in [-0.39, 0.29) is 6.67 Å². The number of rotatable bonds is 9. The molecule has 0 aliphatic heterocycles. The SMILES string of the molecule is C[C@H]1CC[C@H]([C@H]2CC[C@H](c3ccc(CCc4ccc(CCCCF)cc4)cc3)CC2)CC1. The molecule has 2 aromatic rings. The molecule has 32 heavy (non-hydrogen) atoms. The molecule has 0 nitrogen and oxygen atoms in total. The smallest absolute Gasteiger partial charge is 0.0894 e. The summed E-state index contributed by atoms with van der Waals surface area (Å²) < 4.78 is 12.2. The van der Waals surface area contributed by atoms with E-state index in [1.54, 1.807) is 5.56 Å². The molecule has 0 atom stereocenters. The standard InChI is InChI=1S/C31H43F/c1-24-5-15-28(16-6-24)30-19-21-31(22-20-30)29-17-13-27(14-18-29)12-11-26-9-7-25(8-10-26)4-2-3-23-32/h7-10,13-14,17-18,24,28,30-31H,2-6,11-12,15-16,19-23H2,1H3/t24-,28-,30-,31-. The van der Waals surface area contributed by atoms with Crippen LogP contribution in [0.3, 0.4) is 0 Å². The zero-order valence-corrected chi connectivity index (χ0v) is 20.2. The normalized spacial score (nSPS) is 26.2. The van der Waals surface area contributed by atoms with Gasteiger partial charge in [0.25, 0.3) is 0 Å². The number of aryl methyl sites for hydroxylation is 3. The van der Waals surface area contributed by atoms with Crippen molar-refractivity contribution in [2.45, 2.75) is 96.3 Å². The topological polar surface area (TPSA) is 0 Å². The molecule has 2 saturated carbocycles. The first-order valence-corrected chi connectivity index (χ1v) is 13.4. The van der Waals surface area contributed by atoms with Crippen molar-refractivity contribution < 1.29 is 4.39 Å².